The third-order valence-corrected chi connectivity index (χ3v) is 6.02. The average molecular weight is 316 g/mol. The van der Waals surface area contributed by atoms with Crippen LogP contribution in [0.15, 0.2) is 5.38 Å². The van der Waals surface area contributed by atoms with Crippen LogP contribution in [0.4, 0.5) is 0 Å². The Morgan fingerprint density at radius 3 is 2.80 bits per heavy atom. The third kappa shape index (κ3) is 3.58. The van der Waals surface area contributed by atoms with Crippen LogP contribution < -0.4 is 0 Å². The van der Waals surface area contributed by atoms with Crippen molar-refractivity contribution in [2.24, 2.45) is 0 Å². The highest BCUT2D eigenvalue weighted by molar-refractivity contribution is 7.91. The molecule has 0 radical (unpaired) electrons. The van der Waals surface area contributed by atoms with Gasteiger partial charge in [0, 0.05) is 18.0 Å². The van der Waals surface area contributed by atoms with Gasteiger partial charge in [0.2, 0.25) is 0 Å². The largest absolute Gasteiger partial charge is 0.333 e. The first-order valence-electron chi connectivity index (χ1n) is 6.86. The molecule has 1 aliphatic heterocycles. The molecular formula is C13H20N2O3S2. The number of amides is 1. The molecule has 1 saturated heterocycles. The number of aryl methyl sites for hydroxylation is 1. The molecule has 1 unspecified atom stereocenters. The lowest BCUT2D eigenvalue weighted by Crippen LogP contribution is -2.42. The monoisotopic (exact) mass is 316 g/mol. The summed E-state index contributed by atoms with van der Waals surface area (Å²) in [6.45, 7) is 4.52. The molecule has 1 aliphatic rings. The van der Waals surface area contributed by atoms with Crippen LogP contribution in [-0.2, 0) is 9.84 Å². The Morgan fingerprint density at radius 1 is 1.55 bits per heavy atom. The Bertz CT molecular complexity index is 580. The normalized spacial score (nSPS) is 21.0. The van der Waals surface area contributed by atoms with Gasteiger partial charge < -0.3 is 4.90 Å². The number of unbranched alkanes of at least 4 members (excludes halogenated alkanes) is 1. The van der Waals surface area contributed by atoms with Crippen LogP contribution in [0.2, 0.25) is 0 Å². The summed E-state index contributed by atoms with van der Waals surface area (Å²) in [6, 6.07) is -0.193. The van der Waals surface area contributed by atoms with Gasteiger partial charge in [0.05, 0.1) is 16.5 Å². The van der Waals surface area contributed by atoms with E-state index >= 15 is 0 Å². The molecule has 1 amide bonds. The summed E-state index contributed by atoms with van der Waals surface area (Å²) in [6.07, 6.45) is 2.39. The van der Waals surface area contributed by atoms with E-state index in [1.165, 1.54) is 11.3 Å². The Kier molecular flexibility index (Phi) is 4.80. The standard InChI is InChI=1S/C13H20N2O3S2/c1-3-4-6-15(11-5-7-20(17,18)9-11)13(16)12-8-19-10(2)14-12/h8,11H,3-7,9H2,1-2H3. The minimum Gasteiger partial charge on any atom is -0.333 e. The van der Waals surface area contributed by atoms with E-state index in [1.807, 2.05) is 6.92 Å². The van der Waals surface area contributed by atoms with Crippen molar-refractivity contribution in [1.29, 1.82) is 0 Å². The van der Waals surface area contributed by atoms with Gasteiger partial charge in [-0.2, -0.15) is 0 Å². The van der Waals surface area contributed by atoms with Gasteiger partial charge in [-0.25, -0.2) is 13.4 Å². The highest BCUT2D eigenvalue weighted by atomic mass is 32.2. The quantitative estimate of drug-likeness (QED) is 0.832. The minimum atomic E-state index is -2.99. The molecule has 0 saturated carbocycles. The molecule has 112 valence electrons. The van der Waals surface area contributed by atoms with Crippen molar-refractivity contribution < 1.29 is 13.2 Å². The number of hydrogen-bond acceptors (Lipinski definition) is 5. The van der Waals surface area contributed by atoms with Crippen LogP contribution in [0.25, 0.3) is 0 Å². The zero-order valence-electron chi connectivity index (χ0n) is 11.8. The fourth-order valence-electron chi connectivity index (χ4n) is 2.41. The SMILES string of the molecule is CCCCN(C(=O)c1csc(C)n1)C1CCS(=O)(=O)C1. The van der Waals surface area contributed by atoms with Crippen LogP contribution in [0.3, 0.4) is 0 Å². The maximum Gasteiger partial charge on any atom is 0.273 e. The van der Waals surface area contributed by atoms with E-state index in [4.69, 9.17) is 0 Å². The maximum atomic E-state index is 12.5. The lowest BCUT2D eigenvalue weighted by atomic mass is 10.2. The molecular weight excluding hydrogens is 296 g/mol. The lowest BCUT2D eigenvalue weighted by Gasteiger charge is -2.27. The molecule has 0 bridgehead atoms. The van der Waals surface area contributed by atoms with E-state index in [2.05, 4.69) is 11.9 Å². The number of hydrogen-bond donors (Lipinski definition) is 0. The number of carbonyl (C=O) groups excluding carboxylic acids is 1. The van der Waals surface area contributed by atoms with Gasteiger partial charge in [-0.15, -0.1) is 11.3 Å². The molecule has 1 fully saturated rings. The zero-order chi connectivity index (χ0) is 14.8. The van der Waals surface area contributed by atoms with Gasteiger partial charge in [0.1, 0.15) is 5.69 Å². The number of sulfone groups is 1. The molecule has 7 heteroatoms. The third-order valence-electron chi connectivity index (χ3n) is 3.50. The second-order valence-electron chi connectivity index (χ2n) is 5.16. The molecule has 1 atom stereocenters. The van der Waals surface area contributed by atoms with Crippen molar-refractivity contribution in [3.63, 3.8) is 0 Å². The van der Waals surface area contributed by atoms with Gasteiger partial charge in [-0.1, -0.05) is 13.3 Å². The fraction of sp³-hybridized carbons (Fsp3) is 0.692. The summed E-state index contributed by atoms with van der Waals surface area (Å²) in [5.74, 6) is 0.139. The predicted molar refractivity (Wildman–Crippen MR) is 79.9 cm³/mol. The summed E-state index contributed by atoms with van der Waals surface area (Å²) in [7, 11) is -2.99. The summed E-state index contributed by atoms with van der Waals surface area (Å²) >= 11 is 1.44. The molecule has 2 heterocycles. The van der Waals surface area contributed by atoms with E-state index in [0.717, 1.165) is 17.8 Å². The number of carbonyl (C=O) groups is 1. The average Bonchev–Trinajstić information content (AvgIpc) is 2.96. The summed E-state index contributed by atoms with van der Waals surface area (Å²) in [5.41, 5.74) is 0.438. The zero-order valence-corrected chi connectivity index (χ0v) is 13.5. The van der Waals surface area contributed by atoms with Crippen LogP contribution in [0.1, 0.15) is 41.7 Å². The first-order chi connectivity index (χ1) is 9.43. The van der Waals surface area contributed by atoms with Crippen molar-refractivity contribution >= 4 is 27.1 Å². The van der Waals surface area contributed by atoms with Crippen LogP contribution in [0.5, 0.6) is 0 Å². The summed E-state index contributed by atoms with van der Waals surface area (Å²) in [5, 5.41) is 2.60. The smallest absolute Gasteiger partial charge is 0.273 e. The summed E-state index contributed by atoms with van der Waals surface area (Å²) < 4.78 is 23.3. The molecule has 0 spiro atoms. The maximum absolute atomic E-state index is 12.5. The van der Waals surface area contributed by atoms with Crippen molar-refractivity contribution in [2.75, 3.05) is 18.1 Å². The Hall–Kier alpha value is -0.950. The minimum absolute atomic E-state index is 0.0889. The van der Waals surface area contributed by atoms with Crippen molar-refractivity contribution in [3.8, 4) is 0 Å². The van der Waals surface area contributed by atoms with Gasteiger partial charge in [-0.05, 0) is 19.8 Å². The molecule has 0 N–H and O–H groups in total. The molecule has 1 aromatic heterocycles. The number of aromatic nitrogens is 1. The second kappa shape index (κ2) is 6.22. The van der Waals surface area contributed by atoms with Gasteiger partial charge in [0.15, 0.2) is 9.84 Å². The highest BCUT2D eigenvalue weighted by Crippen LogP contribution is 2.21. The molecule has 5 nitrogen and oxygen atoms in total. The Balaban J connectivity index is 2.17. The second-order valence-corrected chi connectivity index (χ2v) is 8.45. The Labute approximate surface area is 123 Å². The molecule has 1 aromatic rings. The molecule has 0 aliphatic carbocycles. The van der Waals surface area contributed by atoms with Gasteiger partial charge in [0.25, 0.3) is 5.91 Å². The van der Waals surface area contributed by atoms with Crippen LogP contribution in [-0.4, -0.2) is 48.3 Å². The van der Waals surface area contributed by atoms with E-state index in [1.54, 1.807) is 10.3 Å². The van der Waals surface area contributed by atoms with E-state index in [-0.39, 0.29) is 23.5 Å². The van der Waals surface area contributed by atoms with E-state index < -0.39 is 9.84 Å². The molecule has 2 rings (SSSR count). The fourth-order valence-corrected chi connectivity index (χ4v) is 4.73. The number of nitrogens with zero attached hydrogens (tertiary/aromatic N) is 2. The highest BCUT2D eigenvalue weighted by Gasteiger charge is 2.35. The topological polar surface area (TPSA) is 67.3 Å². The van der Waals surface area contributed by atoms with Crippen molar-refractivity contribution in [2.45, 2.75) is 39.2 Å². The lowest BCUT2D eigenvalue weighted by molar-refractivity contribution is 0.0689. The van der Waals surface area contributed by atoms with E-state index in [9.17, 15) is 13.2 Å². The van der Waals surface area contributed by atoms with Gasteiger partial charge in [-0.3, -0.25) is 4.79 Å². The van der Waals surface area contributed by atoms with Gasteiger partial charge >= 0.3 is 0 Å². The first-order valence-corrected chi connectivity index (χ1v) is 9.56. The number of thiazole rings is 1. The van der Waals surface area contributed by atoms with Crippen molar-refractivity contribution in [3.05, 3.63) is 16.1 Å². The van der Waals surface area contributed by atoms with Crippen LogP contribution in [0, 0.1) is 6.92 Å². The predicted octanol–water partition coefficient (Wildman–Crippen LogP) is 1.88. The van der Waals surface area contributed by atoms with Crippen molar-refractivity contribution in [1.82, 2.24) is 9.88 Å². The number of rotatable bonds is 5. The summed E-state index contributed by atoms with van der Waals surface area (Å²) in [4.78, 5) is 18.5. The first kappa shape index (κ1) is 15.4. The Morgan fingerprint density at radius 2 is 2.30 bits per heavy atom. The molecule has 0 aromatic carbocycles. The van der Waals surface area contributed by atoms with Crippen LogP contribution >= 0.6 is 11.3 Å². The molecule has 20 heavy (non-hydrogen) atoms. The van der Waals surface area contributed by atoms with E-state index in [0.29, 0.717) is 18.7 Å².